The number of benzene rings is 2. The van der Waals surface area contributed by atoms with Crippen LogP contribution in [0.3, 0.4) is 0 Å². The van der Waals surface area contributed by atoms with Gasteiger partial charge in [-0.3, -0.25) is 4.79 Å². The van der Waals surface area contributed by atoms with Crippen molar-refractivity contribution in [1.82, 2.24) is 0 Å². The number of hydrogen-bond acceptors (Lipinski definition) is 3. The van der Waals surface area contributed by atoms with Crippen LogP contribution >= 0.6 is 0 Å². The molecular weight excluding hydrogens is 264 g/mol. The maximum Gasteiger partial charge on any atom is 0.203 e. The number of para-hydroxylation sites is 1. The Bertz CT molecular complexity index is 632. The topological polar surface area (TPSA) is 35.5 Å². The standard InChI is InChI=1S/C18H20O3/c1-4-14-7-5-6-8-17(14)21-12-16(19)15-10-9-13(2)11-18(15)20-3/h5-11H,4,12H2,1-3H3. The van der Waals surface area contributed by atoms with Crippen molar-refractivity contribution < 1.29 is 14.3 Å². The third-order valence-corrected chi connectivity index (χ3v) is 3.37. The fraction of sp³-hybridized carbons (Fsp3) is 0.278. The first-order chi connectivity index (χ1) is 10.2. The van der Waals surface area contributed by atoms with E-state index in [0.29, 0.717) is 11.3 Å². The van der Waals surface area contributed by atoms with Crippen LogP contribution in [0.5, 0.6) is 11.5 Å². The summed E-state index contributed by atoms with van der Waals surface area (Å²) in [6.07, 6.45) is 0.873. The average molecular weight is 284 g/mol. The van der Waals surface area contributed by atoms with E-state index in [1.807, 2.05) is 43.3 Å². The number of hydrogen-bond donors (Lipinski definition) is 0. The molecule has 110 valence electrons. The third kappa shape index (κ3) is 3.63. The molecule has 2 aromatic carbocycles. The number of aryl methyl sites for hydroxylation is 2. The van der Waals surface area contributed by atoms with Crippen LogP contribution in [0.2, 0.25) is 0 Å². The lowest BCUT2D eigenvalue weighted by atomic mass is 10.1. The highest BCUT2D eigenvalue weighted by atomic mass is 16.5. The van der Waals surface area contributed by atoms with Gasteiger partial charge in [-0.25, -0.2) is 0 Å². The number of methoxy groups -OCH3 is 1. The smallest absolute Gasteiger partial charge is 0.203 e. The summed E-state index contributed by atoms with van der Waals surface area (Å²) in [6, 6.07) is 13.3. The van der Waals surface area contributed by atoms with Gasteiger partial charge in [0.1, 0.15) is 11.5 Å². The minimum absolute atomic E-state index is 0.0104. The van der Waals surface area contributed by atoms with Crippen molar-refractivity contribution in [2.45, 2.75) is 20.3 Å². The Hall–Kier alpha value is -2.29. The lowest BCUT2D eigenvalue weighted by Crippen LogP contribution is -2.13. The van der Waals surface area contributed by atoms with Gasteiger partial charge in [-0.1, -0.05) is 31.2 Å². The van der Waals surface area contributed by atoms with Crippen LogP contribution in [0.4, 0.5) is 0 Å². The van der Waals surface area contributed by atoms with E-state index < -0.39 is 0 Å². The van der Waals surface area contributed by atoms with Gasteiger partial charge in [0.15, 0.2) is 6.61 Å². The summed E-state index contributed by atoms with van der Waals surface area (Å²) in [5, 5.41) is 0. The van der Waals surface area contributed by atoms with Gasteiger partial charge < -0.3 is 9.47 Å². The van der Waals surface area contributed by atoms with Crippen molar-refractivity contribution in [3.63, 3.8) is 0 Å². The summed E-state index contributed by atoms with van der Waals surface area (Å²) >= 11 is 0. The molecule has 0 saturated carbocycles. The molecule has 0 unspecified atom stereocenters. The highest BCUT2D eigenvalue weighted by molar-refractivity contribution is 5.99. The molecule has 0 N–H and O–H groups in total. The monoisotopic (exact) mass is 284 g/mol. The lowest BCUT2D eigenvalue weighted by molar-refractivity contribution is 0.0918. The molecular formula is C18H20O3. The van der Waals surface area contributed by atoms with Crippen molar-refractivity contribution in [3.8, 4) is 11.5 Å². The first kappa shape index (κ1) is 15.1. The SMILES string of the molecule is CCc1ccccc1OCC(=O)c1ccc(C)cc1OC. The Morgan fingerprint density at radius 1 is 1.10 bits per heavy atom. The predicted molar refractivity (Wildman–Crippen MR) is 83.4 cm³/mol. The molecule has 2 rings (SSSR count). The van der Waals surface area contributed by atoms with Crippen LogP contribution < -0.4 is 9.47 Å². The van der Waals surface area contributed by atoms with E-state index in [-0.39, 0.29) is 12.4 Å². The van der Waals surface area contributed by atoms with Gasteiger partial charge in [0.2, 0.25) is 5.78 Å². The van der Waals surface area contributed by atoms with Gasteiger partial charge in [-0.2, -0.15) is 0 Å². The second kappa shape index (κ2) is 6.93. The molecule has 0 atom stereocenters. The van der Waals surface area contributed by atoms with E-state index in [4.69, 9.17) is 9.47 Å². The van der Waals surface area contributed by atoms with Gasteiger partial charge in [0.25, 0.3) is 0 Å². The number of ketones is 1. The van der Waals surface area contributed by atoms with Crippen LogP contribution in [-0.4, -0.2) is 19.5 Å². The zero-order valence-electron chi connectivity index (χ0n) is 12.7. The molecule has 0 aliphatic carbocycles. The largest absolute Gasteiger partial charge is 0.496 e. The Labute approximate surface area is 125 Å². The highest BCUT2D eigenvalue weighted by Gasteiger charge is 2.13. The van der Waals surface area contributed by atoms with Crippen LogP contribution in [0.1, 0.15) is 28.4 Å². The molecule has 0 aliphatic rings. The molecule has 2 aromatic rings. The van der Waals surface area contributed by atoms with Gasteiger partial charge in [-0.05, 0) is 42.7 Å². The van der Waals surface area contributed by atoms with Crippen molar-refractivity contribution in [2.24, 2.45) is 0 Å². The summed E-state index contributed by atoms with van der Waals surface area (Å²) < 4.78 is 10.9. The van der Waals surface area contributed by atoms with Gasteiger partial charge in [0.05, 0.1) is 12.7 Å². The molecule has 0 saturated heterocycles. The van der Waals surface area contributed by atoms with E-state index in [1.54, 1.807) is 13.2 Å². The van der Waals surface area contributed by atoms with E-state index in [0.717, 1.165) is 23.3 Å². The molecule has 0 amide bonds. The lowest BCUT2D eigenvalue weighted by Gasteiger charge is -2.11. The van der Waals surface area contributed by atoms with Crippen molar-refractivity contribution in [1.29, 1.82) is 0 Å². The summed E-state index contributed by atoms with van der Waals surface area (Å²) in [7, 11) is 1.57. The minimum Gasteiger partial charge on any atom is -0.496 e. The fourth-order valence-corrected chi connectivity index (χ4v) is 2.19. The first-order valence-electron chi connectivity index (χ1n) is 7.04. The molecule has 0 aromatic heterocycles. The summed E-state index contributed by atoms with van der Waals surface area (Å²) in [5.41, 5.74) is 2.71. The van der Waals surface area contributed by atoms with E-state index in [1.165, 1.54) is 0 Å². The zero-order valence-corrected chi connectivity index (χ0v) is 12.7. The number of ether oxygens (including phenoxy) is 2. The summed E-state index contributed by atoms with van der Waals surface area (Å²) in [6.45, 7) is 4.04. The molecule has 0 spiro atoms. The van der Waals surface area contributed by atoms with E-state index in [9.17, 15) is 4.79 Å². The molecule has 21 heavy (non-hydrogen) atoms. The maximum absolute atomic E-state index is 12.3. The maximum atomic E-state index is 12.3. The Kier molecular flexibility index (Phi) is 4.99. The van der Waals surface area contributed by atoms with E-state index >= 15 is 0 Å². The Morgan fingerprint density at radius 3 is 2.57 bits per heavy atom. The number of carbonyl (C=O) groups is 1. The van der Waals surface area contributed by atoms with Gasteiger partial charge >= 0.3 is 0 Å². The van der Waals surface area contributed by atoms with Crippen LogP contribution in [0.25, 0.3) is 0 Å². The van der Waals surface area contributed by atoms with Gasteiger partial charge in [0, 0.05) is 0 Å². The molecule has 0 aliphatic heterocycles. The number of rotatable bonds is 6. The van der Waals surface area contributed by atoms with Crippen LogP contribution in [-0.2, 0) is 6.42 Å². The quantitative estimate of drug-likeness (QED) is 0.756. The molecule has 0 radical (unpaired) electrons. The van der Waals surface area contributed by atoms with Crippen LogP contribution in [0.15, 0.2) is 42.5 Å². The average Bonchev–Trinajstić information content (AvgIpc) is 2.52. The molecule has 0 heterocycles. The van der Waals surface area contributed by atoms with Crippen molar-refractivity contribution >= 4 is 5.78 Å². The summed E-state index contributed by atoms with van der Waals surface area (Å²) in [5.74, 6) is 1.27. The predicted octanol–water partition coefficient (Wildman–Crippen LogP) is 3.83. The second-order valence-corrected chi connectivity index (χ2v) is 4.88. The van der Waals surface area contributed by atoms with Crippen LogP contribution in [0, 0.1) is 6.92 Å². The highest BCUT2D eigenvalue weighted by Crippen LogP contribution is 2.22. The summed E-state index contributed by atoms with van der Waals surface area (Å²) in [4.78, 5) is 12.3. The second-order valence-electron chi connectivity index (χ2n) is 4.88. The third-order valence-electron chi connectivity index (χ3n) is 3.37. The number of carbonyl (C=O) groups excluding carboxylic acids is 1. The minimum atomic E-state index is -0.0854. The molecule has 0 bridgehead atoms. The number of Topliss-reactive ketones (excluding diaryl/α,β-unsaturated/α-hetero) is 1. The Morgan fingerprint density at radius 2 is 1.86 bits per heavy atom. The zero-order chi connectivity index (χ0) is 15.2. The van der Waals surface area contributed by atoms with E-state index in [2.05, 4.69) is 6.92 Å². The first-order valence-corrected chi connectivity index (χ1v) is 7.04. The van der Waals surface area contributed by atoms with Gasteiger partial charge in [-0.15, -0.1) is 0 Å². The van der Waals surface area contributed by atoms with Crippen molar-refractivity contribution in [2.75, 3.05) is 13.7 Å². The molecule has 3 heteroatoms. The normalized spacial score (nSPS) is 10.2. The van der Waals surface area contributed by atoms with Crippen molar-refractivity contribution in [3.05, 3.63) is 59.2 Å². The molecule has 3 nitrogen and oxygen atoms in total. The molecule has 0 fully saturated rings. The fourth-order valence-electron chi connectivity index (χ4n) is 2.19. The Balaban J connectivity index is 2.12.